The fraction of sp³-hybridized carbons (Fsp3) is 0.333. The molecule has 0 amide bonds. The van der Waals surface area contributed by atoms with Gasteiger partial charge in [0.25, 0.3) is 0 Å². The SMILES string of the molecule is Cl.N[C@@H](CO)c1cc(C(F)(F)F)ccc1O. The van der Waals surface area contributed by atoms with E-state index in [4.69, 9.17) is 10.8 Å². The van der Waals surface area contributed by atoms with Gasteiger partial charge in [-0.1, -0.05) is 0 Å². The predicted octanol–water partition coefficient (Wildman–Crippen LogP) is 1.82. The molecule has 0 spiro atoms. The van der Waals surface area contributed by atoms with Crippen molar-refractivity contribution in [3.8, 4) is 5.75 Å². The fourth-order valence-electron chi connectivity index (χ4n) is 1.13. The molecule has 1 aromatic rings. The lowest BCUT2D eigenvalue weighted by Crippen LogP contribution is -2.16. The Morgan fingerprint density at radius 3 is 2.31 bits per heavy atom. The molecule has 0 bridgehead atoms. The summed E-state index contributed by atoms with van der Waals surface area (Å²) in [5.74, 6) is -0.357. The molecule has 0 saturated carbocycles. The number of nitrogens with two attached hydrogens (primary N) is 1. The number of aromatic hydroxyl groups is 1. The lowest BCUT2D eigenvalue weighted by Gasteiger charge is -2.13. The zero-order chi connectivity index (χ0) is 11.6. The lowest BCUT2D eigenvalue weighted by molar-refractivity contribution is -0.137. The molecule has 1 atom stereocenters. The molecule has 0 aromatic heterocycles. The van der Waals surface area contributed by atoms with Crippen molar-refractivity contribution in [1.82, 2.24) is 0 Å². The van der Waals surface area contributed by atoms with Crippen LogP contribution in [0.2, 0.25) is 0 Å². The van der Waals surface area contributed by atoms with Crippen LogP contribution in [0, 0.1) is 0 Å². The molecule has 92 valence electrons. The molecule has 7 heteroatoms. The minimum atomic E-state index is -4.49. The Morgan fingerprint density at radius 1 is 1.31 bits per heavy atom. The van der Waals surface area contributed by atoms with Crippen LogP contribution in [-0.2, 0) is 6.18 Å². The number of aliphatic hydroxyl groups excluding tert-OH is 1. The molecule has 0 radical (unpaired) electrons. The van der Waals surface area contributed by atoms with Crippen molar-refractivity contribution in [1.29, 1.82) is 0 Å². The molecular formula is C9H11ClF3NO2. The van der Waals surface area contributed by atoms with Gasteiger partial charge in [0, 0.05) is 5.56 Å². The van der Waals surface area contributed by atoms with Crippen molar-refractivity contribution in [3.05, 3.63) is 29.3 Å². The minimum absolute atomic E-state index is 0. The van der Waals surface area contributed by atoms with Gasteiger partial charge < -0.3 is 15.9 Å². The van der Waals surface area contributed by atoms with Crippen LogP contribution in [0.4, 0.5) is 13.2 Å². The molecular weight excluding hydrogens is 247 g/mol. The van der Waals surface area contributed by atoms with E-state index in [0.717, 1.165) is 18.2 Å². The average molecular weight is 258 g/mol. The third-order valence-corrected chi connectivity index (χ3v) is 1.95. The fourth-order valence-corrected chi connectivity index (χ4v) is 1.13. The van der Waals surface area contributed by atoms with E-state index in [2.05, 4.69) is 0 Å². The molecule has 0 unspecified atom stereocenters. The summed E-state index contributed by atoms with van der Waals surface area (Å²) in [6, 6.07) is 1.37. The quantitative estimate of drug-likeness (QED) is 0.757. The Labute approximate surface area is 96.1 Å². The average Bonchev–Trinajstić information content (AvgIpc) is 2.15. The second-order valence-corrected chi connectivity index (χ2v) is 3.06. The van der Waals surface area contributed by atoms with Crippen molar-refractivity contribution in [3.63, 3.8) is 0 Å². The van der Waals surface area contributed by atoms with Crippen LogP contribution in [-0.4, -0.2) is 16.8 Å². The zero-order valence-corrected chi connectivity index (χ0v) is 8.85. The summed E-state index contributed by atoms with van der Waals surface area (Å²) in [5, 5.41) is 17.9. The van der Waals surface area contributed by atoms with Crippen LogP contribution >= 0.6 is 12.4 Å². The summed E-state index contributed by atoms with van der Waals surface area (Å²) in [4.78, 5) is 0. The van der Waals surface area contributed by atoms with Gasteiger partial charge in [-0.25, -0.2) is 0 Å². The third kappa shape index (κ3) is 3.26. The van der Waals surface area contributed by atoms with Gasteiger partial charge in [0.15, 0.2) is 0 Å². The molecule has 16 heavy (non-hydrogen) atoms. The summed E-state index contributed by atoms with van der Waals surface area (Å²) < 4.78 is 36.8. The number of rotatable bonds is 2. The standard InChI is InChI=1S/C9H10F3NO2.ClH/c10-9(11,12)5-1-2-8(15)6(3-5)7(13)4-14;/h1-3,7,14-15H,4,13H2;1H/t7-;/m0./s1. The first-order valence-corrected chi connectivity index (χ1v) is 4.13. The predicted molar refractivity (Wildman–Crippen MR) is 54.4 cm³/mol. The number of hydrogen-bond donors (Lipinski definition) is 3. The smallest absolute Gasteiger partial charge is 0.416 e. The van der Waals surface area contributed by atoms with E-state index < -0.39 is 24.4 Å². The summed E-state index contributed by atoms with van der Waals surface area (Å²) in [6.07, 6.45) is -4.49. The number of aliphatic hydroxyl groups is 1. The summed E-state index contributed by atoms with van der Waals surface area (Å²) >= 11 is 0. The summed E-state index contributed by atoms with van der Waals surface area (Å²) in [6.45, 7) is -0.533. The molecule has 0 aliphatic rings. The maximum Gasteiger partial charge on any atom is 0.416 e. The highest BCUT2D eigenvalue weighted by Gasteiger charge is 2.31. The number of phenols is 1. The Balaban J connectivity index is 0.00000225. The van der Waals surface area contributed by atoms with E-state index in [1.165, 1.54) is 0 Å². The molecule has 1 aromatic carbocycles. The molecule has 0 aliphatic heterocycles. The van der Waals surface area contributed by atoms with Crippen LogP contribution in [0.15, 0.2) is 18.2 Å². The maximum atomic E-state index is 12.3. The third-order valence-electron chi connectivity index (χ3n) is 1.95. The molecule has 0 fully saturated rings. The Kier molecular flexibility index (Phi) is 5.05. The normalized spacial score (nSPS) is 13.1. The topological polar surface area (TPSA) is 66.5 Å². The van der Waals surface area contributed by atoms with Gasteiger partial charge in [0.1, 0.15) is 5.75 Å². The van der Waals surface area contributed by atoms with Crippen LogP contribution in [0.1, 0.15) is 17.2 Å². The van der Waals surface area contributed by atoms with Crippen LogP contribution < -0.4 is 5.73 Å². The van der Waals surface area contributed by atoms with E-state index in [1.54, 1.807) is 0 Å². The Bertz CT molecular complexity index is 357. The van der Waals surface area contributed by atoms with Gasteiger partial charge >= 0.3 is 6.18 Å². The highest BCUT2D eigenvalue weighted by Crippen LogP contribution is 2.33. The van der Waals surface area contributed by atoms with E-state index >= 15 is 0 Å². The van der Waals surface area contributed by atoms with Crippen LogP contribution in [0.5, 0.6) is 5.75 Å². The molecule has 0 aliphatic carbocycles. The van der Waals surface area contributed by atoms with Crippen molar-refractivity contribution in [2.45, 2.75) is 12.2 Å². The molecule has 0 heterocycles. The number of benzene rings is 1. The largest absolute Gasteiger partial charge is 0.508 e. The van der Waals surface area contributed by atoms with Gasteiger partial charge in [-0.15, -0.1) is 12.4 Å². The monoisotopic (exact) mass is 257 g/mol. The van der Waals surface area contributed by atoms with Gasteiger partial charge in [-0.05, 0) is 18.2 Å². The second-order valence-electron chi connectivity index (χ2n) is 3.06. The highest BCUT2D eigenvalue weighted by atomic mass is 35.5. The number of alkyl halides is 3. The zero-order valence-electron chi connectivity index (χ0n) is 8.03. The Morgan fingerprint density at radius 2 is 1.88 bits per heavy atom. The first-order valence-electron chi connectivity index (χ1n) is 4.13. The maximum absolute atomic E-state index is 12.3. The van der Waals surface area contributed by atoms with E-state index in [1.807, 2.05) is 0 Å². The summed E-state index contributed by atoms with van der Waals surface area (Å²) in [5.41, 5.74) is 4.31. The van der Waals surface area contributed by atoms with E-state index in [0.29, 0.717) is 0 Å². The van der Waals surface area contributed by atoms with Gasteiger partial charge in [0.05, 0.1) is 18.2 Å². The van der Waals surface area contributed by atoms with E-state index in [9.17, 15) is 18.3 Å². The number of halogens is 4. The lowest BCUT2D eigenvalue weighted by atomic mass is 10.0. The van der Waals surface area contributed by atoms with Gasteiger partial charge in [-0.2, -0.15) is 13.2 Å². The molecule has 0 saturated heterocycles. The molecule has 4 N–H and O–H groups in total. The van der Waals surface area contributed by atoms with Crippen molar-refractivity contribution in [2.24, 2.45) is 5.73 Å². The van der Waals surface area contributed by atoms with Crippen molar-refractivity contribution < 1.29 is 23.4 Å². The first-order chi connectivity index (χ1) is 6.86. The van der Waals surface area contributed by atoms with Gasteiger partial charge in [-0.3, -0.25) is 0 Å². The molecule has 1 rings (SSSR count). The van der Waals surface area contributed by atoms with Crippen molar-refractivity contribution in [2.75, 3.05) is 6.61 Å². The Hall–Kier alpha value is -0.980. The van der Waals surface area contributed by atoms with E-state index in [-0.39, 0.29) is 23.7 Å². The number of phenolic OH excluding ortho intramolecular Hbond substituents is 1. The number of hydrogen-bond acceptors (Lipinski definition) is 3. The van der Waals surface area contributed by atoms with Crippen LogP contribution in [0.25, 0.3) is 0 Å². The highest BCUT2D eigenvalue weighted by molar-refractivity contribution is 5.85. The van der Waals surface area contributed by atoms with Crippen LogP contribution in [0.3, 0.4) is 0 Å². The minimum Gasteiger partial charge on any atom is -0.508 e. The van der Waals surface area contributed by atoms with Gasteiger partial charge in [0.2, 0.25) is 0 Å². The molecule has 3 nitrogen and oxygen atoms in total. The first kappa shape index (κ1) is 15.0. The van der Waals surface area contributed by atoms with Crippen molar-refractivity contribution >= 4 is 12.4 Å². The summed E-state index contributed by atoms with van der Waals surface area (Å²) in [7, 11) is 0. The second kappa shape index (κ2) is 5.38.